The Hall–Kier alpha value is -2.72. The van der Waals surface area contributed by atoms with Gasteiger partial charge in [-0.3, -0.25) is 9.79 Å². The molecule has 132 valence electrons. The van der Waals surface area contributed by atoms with E-state index in [1.807, 2.05) is 18.2 Å². The third-order valence-corrected chi connectivity index (χ3v) is 4.37. The summed E-state index contributed by atoms with van der Waals surface area (Å²) in [4.78, 5) is 31.8. The van der Waals surface area contributed by atoms with E-state index in [1.165, 1.54) is 17.5 Å². The van der Waals surface area contributed by atoms with Crippen LogP contribution in [0.1, 0.15) is 18.1 Å². The SMILES string of the molecule is CCN(C)Cc1cccc(C[NH+]=C2C(C#N)C(=O)N(C)C(=O)N2C)c1. The molecule has 2 rings (SSSR count). The molecule has 7 heteroatoms. The van der Waals surface area contributed by atoms with Gasteiger partial charge in [-0.05, 0) is 24.7 Å². The number of amidine groups is 1. The van der Waals surface area contributed by atoms with Crippen molar-refractivity contribution >= 4 is 17.8 Å². The highest BCUT2D eigenvalue weighted by Crippen LogP contribution is 2.13. The van der Waals surface area contributed by atoms with E-state index in [4.69, 9.17) is 0 Å². The highest BCUT2D eigenvalue weighted by molar-refractivity contribution is 6.17. The summed E-state index contributed by atoms with van der Waals surface area (Å²) in [6.07, 6.45) is 0. The number of amides is 3. The lowest BCUT2D eigenvalue weighted by atomic mass is 10.1. The second-order valence-electron chi connectivity index (χ2n) is 6.19. The van der Waals surface area contributed by atoms with Crippen LogP contribution in [0.4, 0.5) is 4.79 Å². The zero-order valence-corrected chi connectivity index (χ0v) is 15.1. The van der Waals surface area contributed by atoms with Crippen LogP contribution in [0.2, 0.25) is 0 Å². The van der Waals surface area contributed by atoms with Crippen LogP contribution in [0.5, 0.6) is 0 Å². The van der Waals surface area contributed by atoms with Crippen LogP contribution in [0.15, 0.2) is 24.3 Å². The van der Waals surface area contributed by atoms with Crippen LogP contribution in [0.3, 0.4) is 0 Å². The third kappa shape index (κ3) is 4.03. The standard InChI is InChI=1S/C18H23N5O2/c1-5-21(2)12-14-8-6-7-13(9-14)11-20-16-15(10-19)17(24)23(4)18(25)22(16)3/h6-9,15H,5,11-12H2,1-4H3/p+1. The first-order chi connectivity index (χ1) is 11.9. The number of urea groups is 1. The van der Waals surface area contributed by atoms with Gasteiger partial charge >= 0.3 is 6.03 Å². The fraction of sp³-hybridized carbons (Fsp3) is 0.444. The van der Waals surface area contributed by atoms with Gasteiger partial charge in [0.1, 0.15) is 6.54 Å². The van der Waals surface area contributed by atoms with E-state index < -0.39 is 17.9 Å². The van der Waals surface area contributed by atoms with Crippen LogP contribution in [0, 0.1) is 17.2 Å². The molecule has 0 radical (unpaired) electrons. The molecule has 1 N–H and O–H groups in total. The minimum atomic E-state index is -0.998. The molecule has 0 aliphatic carbocycles. The van der Waals surface area contributed by atoms with E-state index in [0.29, 0.717) is 12.4 Å². The van der Waals surface area contributed by atoms with Gasteiger partial charge in [0.15, 0.2) is 0 Å². The van der Waals surface area contributed by atoms with Gasteiger partial charge in [-0.1, -0.05) is 31.2 Å². The van der Waals surface area contributed by atoms with Crippen molar-refractivity contribution in [1.82, 2.24) is 14.7 Å². The summed E-state index contributed by atoms with van der Waals surface area (Å²) < 4.78 is 0. The first-order valence-electron chi connectivity index (χ1n) is 8.21. The first kappa shape index (κ1) is 18.6. The molecule has 1 saturated heterocycles. The van der Waals surface area contributed by atoms with E-state index in [-0.39, 0.29) is 0 Å². The van der Waals surface area contributed by atoms with Crippen molar-refractivity contribution in [3.05, 3.63) is 35.4 Å². The van der Waals surface area contributed by atoms with Crippen molar-refractivity contribution in [3.63, 3.8) is 0 Å². The quantitative estimate of drug-likeness (QED) is 0.802. The van der Waals surface area contributed by atoms with Gasteiger partial charge < -0.3 is 4.90 Å². The Kier molecular flexibility index (Phi) is 5.88. The van der Waals surface area contributed by atoms with Gasteiger partial charge in [0.05, 0.1) is 13.1 Å². The second-order valence-corrected chi connectivity index (χ2v) is 6.19. The van der Waals surface area contributed by atoms with Crippen LogP contribution < -0.4 is 4.99 Å². The van der Waals surface area contributed by atoms with Gasteiger partial charge in [-0.2, -0.15) is 10.2 Å². The Morgan fingerprint density at radius 1 is 1.24 bits per heavy atom. The Bertz CT molecular complexity index is 737. The maximum absolute atomic E-state index is 12.1. The number of rotatable bonds is 5. The molecule has 1 aromatic carbocycles. The normalized spacial score (nSPS) is 19.7. The lowest BCUT2D eigenvalue weighted by molar-refractivity contribution is -0.482. The van der Waals surface area contributed by atoms with E-state index in [2.05, 4.69) is 36.0 Å². The predicted octanol–water partition coefficient (Wildman–Crippen LogP) is -0.219. The second kappa shape index (κ2) is 7.90. The minimum Gasteiger partial charge on any atom is -0.302 e. The number of carbonyl (C=O) groups excluding carboxylic acids is 2. The van der Waals surface area contributed by atoms with Crippen molar-refractivity contribution in [2.75, 3.05) is 27.7 Å². The summed E-state index contributed by atoms with van der Waals surface area (Å²) in [6, 6.07) is 9.63. The van der Waals surface area contributed by atoms with E-state index in [0.717, 1.165) is 23.6 Å². The molecule has 25 heavy (non-hydrogen) atoms. The van der Waals surface area contributed by atoms with E-state index in [1.54, 1.807) is 7.05 Å². The van der Waals surface area contributed by atoms with Crippen LogP contribution in [-0.4, -0.2) is 60.2 Å². The lowest BCUT2D eigenvalue weighted by Crippen LogP contribution is -2.79. The Balaban J connectivity index is 2.22. The number of benzene rings is 1. The molecule has 1 heterocycles. The zero-order valence-electron chi connectivity index (χ0n) is 15.1. The number of nitrogens with zero attached hydrogens (tertiary/aromatic N) is 4. The topological polar surface area (TPSA) is 81.6 Å². The highest BCUT2D eigenvalue weighted by atomic mass is 16.2. The smallest absolute Gasteiger partial charge is 0.302 e. The Labute approximate surface area is 148 Å². The molecule has 7 nitrogen and oxygen atoms in total. The number of imide groups is 1. The van der Waals surface area contributed by atoms with Gasteiger partial charge in [0, 0.05) is 13.6 Å². The van der Waals surface area contributed by atoms with Crippen molar-refractivity contribution in [2.24, 2.45) is 5.92 Å². The fourth-order valence-corrected chi connectivity index (χ4v) is 2.72. The predicted molar refractivity (Wildman–Crippen MR) is 93.2 cm³/mol. The summed E-state index contributed by atoms with van der Waals surface area (Å²) in [6.45, 7) is 4.36. The number of hydrogen-bond donors (Lipinski definition) is 1. The van der Waals surface area contributed by atoms with Gasteiger partial charge in [-0.15, -0.1) is 0 Å². The summed E-state index contributed by atoms with van der Waals surface area (Å²) >= 11 is 0. The largest absolute Gasteiger partial charge is 0.417 e. The van der Waals surface area contributed by atoms with E-state index >= 15 is 0 Å². The third-order valence-electron chi connectivity index (χ3n) is 4.37. The van der Waals surface area contributed by atoms with Crippen molar-refractivity contribution in [3.8, 4) is 6.07 Å². The maximum Gasteiger partial charge on any atom is 0.417 e. The molecule has 0 bridgehead atoms. The molecule has 1 aromatic rings. The Morgan fingerprint density at radius 3 is 2.56 bits per heavy atom. The van der Waals surface area contributed by atoms with Gasteiger partial charge in [0.25, 0.3) is 11.7 Å². The zero-order chi connectivity index (χ0) is 18.6. The number of carbonyl (C=O) groups is 2. The van der Waals surface area contributed by atoms with Crippen molar-refractivity contribution in [1.29, 1.82) is 5.26 Å². The summed E-state index contributed by atoms with van der Waals surface area (Å²) in [5.41, 5.74) is 2.22. The average molecular weight is 342 g/mol. The van der Waals surface area contributed by atoms with Crippen LogP contribution in [0.25, 0.3) is 0 Å². The summed E-state index contributed by atoms with van der Waals surface area (Å²) in [7, 11) is 5.00. The monoisotopic (exact) mass is 342 g/mol. The Morgan fingerprint density at radius 2 is 1.92 bits per heavy atom. The lowest BCUT2D eigenvalue weighted by Gasteiger charge is -2.26. The molecule has 0 saturated carbocycles. The molecule has 1 fully saturated rings. The first-order valence-corrected chi connectivity index (χ1v) is 8.21. The van der Waals surface area contributed by atoms with E-state index in [9.17, 15) is 14.9 Å². The van der Waals surface area contributed by atoms with Crippen LogP contribution >= 0.6 is 0 Å². The average Bonchev–Trinajstić information content (AvgIpc) is 2.62. The molecule has 0 spiro atoms. The molecule has 1 aliphatic rings. The molecule has 1 atom stereocenters. The maximum atomic E-state index is 12.1. The summed E-state index contributed by atoms with van der Waals surface area (Å²) in [5.74, 6) is -1.18. The molecule has 1 unspecified atom stereocenters. The van der Waals surface area contributed by atoms with Crippen molar-refractivity contribution < 1.29 is 14.6 Å². The molecular formula is C18H24N5O2+. The highest BCUT2D eigenvalue weighted by Gasteiger charge is 2.46. The summed E-state index contributed by atoms with van der Waals surface area (Å²) in [5, 5.41) is 9.32. The number of nitrogens with one attached hydrogen (secondary N) is 1. The molecule has 1 aliphatic heterocycles. The van der Waals surface area contributed by atoms with Gasteiger partial charge in [-0.25, -0.2) is 9.69 Å². The van der Waals surface area contributed by atoms with Crippen LogP contribution in [-0.2, 0) is 17.9 Å². The fourth-order valence-electron chi connectivity index (χ4n) is 2.72. The molecular weight excluding hydrogens is 318 g/mol. The minimum absolute atomic E-state index is 0.326. The molecule has 3 amide bonds. The number of hydrogen-bond acceptors (Lipinski definition) is 4. The number of nitriles is 1. The van der Waals surface area contributed by atoms with Gasteiger partial charge in [0.2, 0.25) is 5.92 Å². The molecule has 0 aromatic heterocycles. The van der Waals surface area contributed by atoms with Crippen molar-refractivity contribution in [2.45, 2.75) is 20.0 Å².